The van der Waals surface area contributed by atoms with Crippen molar-refractivity contribution >= 4 is 5.91 Å². The highest BCUT2D eigenvalue weighted by Crippen LogP contribution is 2.12. The first-order chi connectivity index (χ1) is 11.7. The molecule has 2 heterocycles. The molecule has 0 aliphatic carbocycles. The summed E-state index contributed by atoms with van der Waals surface area (Å²) in [6, 6.07) is 3.40. The zero-order valence-corrected chi connectivity index (χ0v) is 14.1. The molecule has 0 radical (unpaired) electrons. The van der Waals surface area contributed by atoms with Crippen LogP contribution in [0.25, 0.3) is 0 Å². The Labute approximate surface area is 143 Å². The van der Waals surface area contributed by atoms with Crippen LogP contribution < -0.4 is 0 Å². The second-order valence-electron chi connectivity index (χ2n) is 6.29. The summed E-state index contributed by atoms with van der Waals surface area (Å²) in [5.41, 5.74) is 0.601. The molecule has 1 saturated heterocycles. The van der Waals surface area contributed by atoms with Crippen LogP contribution in [0.5, 0.6) is 0 Å². The van der Waals surface area contributed by atoms with Gasteiger partial charge in [-0.3, -0.25) is 9.78 Å². The van der Waals surface area contributed by atoms with E-state index in [1.54, 1.807) is 29.4 Å². The van der Waals surface area contributed by atoms with Gasteiger partial charge in [0.15, 0.2) is 0 Å². The monoisotopic (exact) mass is 336 g/mol. The lowest BCUT2D eigenvalue weighted by Crippen LogP contribution is -2.38. The van der Waals surface area contributed by atoms with Crippen LogP contribution in [-0.2, 0) is 4.74 Å². The number of nitrogens with zero attached hydrogens (tertiary/aromatic N) is 2. The van der Waals surface area contributed by atoms with Crippen molar-refractivity contribution in [3.05, 3.63) is 30.1 Å². The second-order valence-corrected chi connectivity index (χ2v) is 6.29. The summed E-state index contributed by atoms with van der Waals surface area (Å²) in [5.74, 6) is -0.0533. The van der Waals surface area contributed by atoms with E-state index in [2.05, 4.69) is 4.98 Å². The smallest absolute Gasteiger partial charge is 0.253 e. The maximum absolute atomic E-state index is 12.7. The number of rotatable bonds is 1. The highest BCUT2D eigenvalue weighted by Gasteiger charge is 2.21. The van der Waals surface area contributed by atoms with Gasteiger partial charge >= 0.3 is 0 Å². The molecule has 0 unspecified atom stereocenters. The van der Waals surface area contributed by atoms with Gasteiger partial charge < -0.3 is 19.8 Å². The van der Waals surface area contributed by atoms with Crippen molar-refractivity contribution in [1.82, 2.24) is 9.88 Å². The van der Waals surface area contributed by atoms with Crippen LogP contribution >= 0.6 is 0 Å². The molecule has 1 fully saturated rings. The van der Waals surface area contributed by atoms with Crippen molar-refractivity contribution in [2.75, 3.05) is 26.3 Å². The Balaban J connectivity index is 1.99. The minimum absolute atomic E-state index is 0.0533. The van der Waals surface area contributed by atoms with E-state index in [1.807, 2.05) is 0 Å². The van der Waals surface area contributed by atoms with Gasteiger partial charge in [0.05, 0.1) is 12.7 Å². The largest absolute Gasteiger partial charge is 0.390 e. The molecule has 0 saturated carbocycles. The van der Waals surface area contributed by atoms with Crippen LogP contribution in [0.15, 0.2) is 24.5 Å². The van der Waals surface area contributed by atoms with Gasteiger partial charge in [0, 0.05) is 37.7 Å². The van der Waals surface area contributed by atoms with Crippen LogP contribution in [-0.4, -0.2) is 64.5 Å². The third kappa shape index (κ3) is 6.19. The van der Waals surface area contributed by atoms with E-state index < -0.39 is 12.2 Å². The molecule has 2 atom stereocenters. The van der Waals surface area contributed by atoms with Gasteiger partial charge in [-0.05, 0) is 31.4 Å². The average Bonchev–Trinajstić information content (AvgIpc) is 2.61. The average molecular weight is 336 g/mol. The molecule has 1 amide bonds. The summed E-state index contributed by atoms with van der Waals surface area (Å²) in [6.07, 6.45) is 6.92. The Kier molecular flexibility index (Phi) is 8.15. The first-order valence-electron chi connectivity index (χ1n) is 8.81. The summed E-state index contributed by atoms with van der Waals surface area (Å²) in [4.78, 5) is 18.4. The molecule has 1 aromatic rings. The van der Waals surface area contributed by atoms with E-state index in [4.69, 9.17) is 4.74 Å². The number of amides is 1. The van der Waals surface area contributed by atoms with Crippen molar-refractivity contribution in [2.24, 2.45) is 0 Å². The maximum atomic E-state index is 12.7. The minimum atomic E-state index is -0.911. The number of ether oxygens (including phenoxy) is 1. The summed E-state index contributed by atoms with van der Waals surface area (Å²) in [5, 5.41) is 20.0. The lowest BCUT2D eigenvalue weighted by atomic mass is 10.1. The Morgan fingerprint density at radius 2 is 1.75 bits per heavy atom. The lowest BCUT2D eigenvalue weighted by molar-refractivity contribution is -0.0434. The summed E-state index contributed by atoms with van der Waals surface area (Å²) in [7, 11) is 0. The van der Waals surface area contributed by atoms with Crippen molar-refractivity contribution < 1.29 is 19.7 Å². The van der Waals surface area contributed by atoms with E-state index >= 15 is 0 Å². The topological polar surface area (TPSA) is 82.9 Å². The first kappa shape index (κ1) is 18.8. The molecule has 6 nitrogen and oxygen atoms in total. The molecule has 24 heavy (non-hydrogen) atoms. The predicted octanol–water partition coefficient (Wildman–Crippen LogP) is 1.62. The standard InChI is InChI=1S/C18H28N2O4/c21-16-8-12-20(18(23)15-6-9-19-10-7-15)11-4-2-1-3-5-13-24-14-17(16)22/h6-7,9-10,16-17,21-22H,1-5,8,11-14H2/t16-,17+/m0/s1. The fourth-order valence-corrected chi connectivity index (χ4v) is 2.82. The van der Waals surface area contributed by atoms with E-state index in [9.17, 15) is 15.0 Å². The van der Waals surface area contributed by atoms with Gasteiger partial charge in [-0.25, -0.2) is 0 Å². The quantitative estimate of drug-likeness (QED) is 0.814. The minimum Gasteiger partial charge on any atom is -0.390 e. The van der Waals surface area contributed by atoms with Gasteiger partial charge in [-0.1, -0.05) is 19.3 Å². The number of hydrogen-bond donors (Lipinski definition) is 2. The van der Waals surface area contributed by atoms with E-state index in [1.165, 1.54) is 0 Å². The number of pyridine rings is 1. The number of aromatic nitrogens is 1. The molecule has 2 N–H and O–H groups in total. The van der Waals surface area contributed by atoms with Gasteiger partial charge in [0.1, 0.15) is 6.10 Å². The van der Waals surface area contributed by atoms with Crippen molar-refractivity contribution in [3.63, 3.8) is 0 Å². The highest BCUT2D eigenvalue weighted by atomic mass is 16.5. The zero-order valence-electron chi connectivity index (χ0n) is 14.1. The Morgan fingerprint density at radius 1 is 1.04 bits per heavy atom. The van der Waals surface area contributed by atoms with Crippen LogP contribution in [0, 0.1) is 0 Å². The lowest BCUT2D eigenvalue weighted by Gasteiger charge is -2.26. The van der Waals surface area contributed by atoms with Crippen LogP contribution in [0.4, 0.5) is 0 Å². The Morgan fingerprint density at radius 3 is 2.54 bits per heavy atom. The highest BCUT2D eigenvalue weighted by molar-refractivity contribution is 5.94. The Hall–Kier alpha value is -1.50. The fourth-order valence-electron chi connectivity index (χ4n) is 2.82. The van der Waals surface area contributed by atoms with Gasteiger partial charge in [0.2, 0.25) is 0 Å². The number of aliphatic hydroxyl groups excluding tert-OH is 2. The van der Waals surface area contributed by atoms with E-state index in [-0.39, 0.29) is 12.5 Å². The fraction of sp³-hybridized carbons (Fsp3) is 0.667. The third-order valence-electron chi connectivity index (χ3n) is 4.36. The van der Waals surface area contributed by atoms with Crippen LogP contribution in [0.3, 0.4) is 0 Å². The van der Waals surface area contributed by atoms with Crippen molar-refractivity contribution in [3.8, 4) is 0 Å². The number of carbonyl (C=O) groups excluding carboxylic acids is 1. The first-order valence-corrected chi connectivity index (χ1v) is 8.81. The van der Waals surface area contributed by atoms with E-state index in [0.717, 1.165) is 32.1 Å². The van der Waals surface area contributed by atoms with Crippen LogP contribution in [0.2, 0.25) is 0 Å². The number of aliphatic hydroxyl groups is 2. The molecule has 6 heteroatoms. The second kappa shape index (κ2) is 10.4. The molecule has 0 aromatic carbocycles. The number of hydrogen-bond acceptors (Lipinski definition) is 5. The van der Waals surface area contributed by atoms with Crippen molar-refractivity contribution in [2.45, 2.75) is 50.7 Å². The molecule has 0 bridgehead atoms. The van der Waals surface area contributed by atoms with Gasteiger partial charge in [0.25, 0.3) is 5.91 Å². The van der Waals surface area contributed by atoms with Crippen LogP contribution in [0.1, 0.15) is 48.9 Å². The molecular formula is C18H28N2O4. The maximum Gasteiger partial charge on any atom is 0.253 e. The predicted molar refractivity (Wildman–Crippen MR) is 90.7 cm³/mol. The summed E-state index contributed by atoms with van der Waals surface area (Å²) < 4.78 is 5.41. The SMILES string of the molecule is O=C(c1ccncc1)N1CCCCCCCOC[C@@H](O)[C@@H](O)CC1. The molecule has 1 aliphatic rings. The molecule has 0 spiro atoms. The van der Waals surface area contributed by atoms with Crippen molar-refractivity contribution in [1.29, 1.82) is 0 Å². The molecular weight excluding hydrogens is 308 g/mol. The van der Waals surface area contributed by atoms with E-state index in [0.29, 0.717) is 31.7 Å². The normalized spacial score (nSPS) is 25.0. The molecule has 2 rings (SSSR count). The number of carbonyl (C=O) groups is 1. The van der Waals surface area contributed by atoms with Gasteiger partial charge in [-0.2, -0.15) is 0 Å². The summed E-state index contributed by atoms with van der Waals surface area (Å²) >= 11 is 0. The summed E-state index contributed by atoms with van der Waals surface area (Å²) in [6.45, 7) is 1.84. The molecule has 1 aromatic heterocycles. The molecule has 1 aliphatic heterocycles. The van der Waals surface area contributed by atoms with Gasteiger partial charge in [-0.15, -0.1) is 0 Å². The Bertz CT molecular complexity index is 483. The third-order valence-corrected chi connectivity index (χ3v) is 4.36. The zero-order chi connectivity index (χ0) is 17.2. The molecule has 134 valence electrons.